The molecule has 1 amide bonds. The van der Waals surface area contributed by atoms with Gasteiger partial charge < -0.3 is 4.90 Å². The lowest BCUT2D eigenvalue weighted by atomic mass is 10.4. The van der Waals surface area contributed by atoms with Gasteiger partial charge in [-0.25, -0.2) is 18.6 Å². The number of aryl methyl sites for hydroxylation is 1. The fourth-order valence-electron chi connectivity index (χ4n) is 1.53. The number of hydrogen-bond acceptors (Lipinski definition) is 5. The summed E-state index contributed by atoms with van der Waals surface area (Å²) < 4.78 is 14.2. The Morgan fingerprint density at radius 3 is 2.89 bits per heavy atom. The van der Waals surface area contributed by atoms with E-state index in [4.69, 9.17) is 0 Å². The van der Waals surface area contributed by atoms with Crippen LogP contribution in [0.1, 0.15) is 17.4 Å². The maximum atomic E-state index is 12.2. The van der Waals surface area contributed by atoms with Gasteiger partial charge >= 0.3 is 5.69 Å². The molecule has 0 saturated carbocycles. The molecule has 0 aromatic carbocycles. The highest BCUT2D eigenvalue weighted by atomic mass is 19.1. The molecule has 19 heavy (non-hydrogen) atoms. The van der Waals surface area contributed by atoms with E-state index in [-0.39, 0.29) is 23.8 Å². The van der Waals surface area contributed by atoms with Crippen LogP contribution in [0.25, 0.3) is 5.65 Å². The molecule has 0 aliphatic heterocycles. The number of amides is 1. The van der Waals surface area contributed by atoms with Gasteiger partial charge in [0.25, 0.3) is 5.91 Å². The molecule has 0 bridgehead atoms. The van der Waals surface area contributed by atoms with Gasteiger partial charge in [-0.2, -0.15) is 4.68 Å². The second-order valence-electron chi connectivity index (χ2n) is 3.89. The van der Waals surface area contributed by atoms with Crippen LogP contribution in [-0.4, -0.2) is 55.5 Å². The molecule has 0 radical (unpaired) electrons. The first-order chi connectivity index (χ1) is 9.10. The van der Waals surface area contributed by atoms with Gasteiger partial charge in [-0.05, 0) is 6.92 Å². The van der Waals surface area contributed by atoms with Crippen molar-refractivity contribution in [2.24, 2.45) is 0 Å². The molecule has 2 rings (SSSR count). The van der Waals surface area contributed by atoms with Crippen LogP contribution in [0.5, 0.6) is 0 Å². The zero-order valence-electron chi connectivity index (χ0n) is 10.6. The summed E-state index contributed by atoms with van der Waals surface area (Å²) in [6.45, 7) is 1.41. The SMILES string of the molecule is CCN(C)C(=O)c1ncn2c(=O)n(CCF)nnc12. The van der Waals surface area contributed by atoms with Gasteiger partial charge in [-0.15, -0.1) is 5.10 Å². The number of nitrogens with zero attached hydrogens (tertiary/aromatic N) is 6. The zero-order chi connectivity index (χ0) is 14.0. The van der Waals surface area contributed by atoms with Crippen LogP contribution in [-0.2, 0) is 6.54 Å². The third-order valence-corrected chi connectivity index (χ3v) is 2.74. The van der Waals surface area contributed by atoms with E-state index in [1.165, 1.54) is 11.2 Å². The summed E-state index contributed by atoms with van der Waals surface area (Å²) in [7, 11) is 1.62. The Bertz CT molecular complexity index is 664. The van der Waals surface area contributed by atoms with E-state index in [2.05, 4.69) is 15.3 Å². The lowest BCUT2D eigenvalue weighted by Crippen LogP contribution is -2.31. The number of carbonyl (C=O) groups excluding carboxylic acids is 1. The van der Waals surface area contributed by atoms with E-state index >= 15 is 0 Å². The molecule has 9 heteroatoms. The third kappa shape index (κ3) is 2.18. The van der Waals surface area contributed by atoms with Crippen LogP contribution in [0.2, 0.25) is 0 Å². The average molecular weight is 268 g/mol. The molecule has 8 nitrogen and oxygen atoms in total. The molecule has 2 heterocycles. The summed E-state index contributed by atoms with van der Waals surface area (Å²) in [5, 5.41) is 7.34. The van der Waals surface area contributed by atoms with Crippen molar-refractivity contribution in [1.82, 2.24) is 29.3 Å². The largest absolute Gasteiger partial charge is 0.353 e. The van der Waals surface area contributed by atoms with Crippen LogP contribution in [0, 0.1) is 0 Å². The third-order valence-electron chi connectivity index (χ3n) is 2.74. The minimum Gasteiger partial charge on any atom is -0.341 e. The highest BCUT2D eigenvalue weighted by Crippen LogP contribution is 2.05. The molecule has 0 aliphatic rings. The van der Waals surface area contributed by atoms with E-state index < -0.39 is 12.4 Å². The van der Waals surface area contributed by atoms with Crippen LogP contribution in [0.4, 0.5) is 4.39 Å². The smallest absolute Gasteiger partial charge is 0.341 e. The van der Waals surface area contributed by atoms with Crippen molar-refractivity contribution in [2.45, 2.75) is 13.5 Å². The van der Waals surface area contributed by atoms with E-state index in [0.717, 1.165) is 9.08 Å². The molecule has 0 spiro atoms. The van der Waals surface area contributed by atoms with Crippen molar-refractivity contribution < 1.29 is 9.18 Å². The van der Waals surface area contributed by atoms with Crippen molar-refractivity contribution >= 4 is 11.6 Å². The first-order valence-electron chi connectivity index (χ1n) is 5.72. The molecule has 0 N–H and O–H groups in total. The first kappa shape index (κ1) is 13.1. The van der Waals surface area contributed by atoms with Gasteiger partial charge in [0.05, 0.1) is 6.54 Å². The summed E-state index contributed by atoms with van der Waals surface area (Å²) in [6, 6.07) is 0. The predicted octanol–water partition coefficient (Wildman–Crippen LogP) is -0.653. The number of imidazole rings is 1. The molecule has 2 aromatic heterocycles. The topological polar surface area (TPSA) is 85.4 Å². The van der Waals surface area contributed by atoms with Gasteiger partial charge in [0, 0.05) is 13.6 Å². The Labute approximate surface area is 107 Å². The van der Waals surface area contributed by atoms with Crippen LogP contribution in [0.15, 0.2) is 11.1 Å². The van der Waals surface area contributed by atoms with Gasteiger partial charge in [0.15, 0.2) is 11.3 Å². The summed E-state index contributed by atoms with van der Waals surface area (Å²) in [4.78, 5) is 29.2. The monoisotopic (exact) mass is 268 g/mol. The summed E-state index contributed by atoms with van der Waals surface area (Å²) in [5.41, 5.74) is -0.444. The highest BCUT2D eigenvalue weighted by molar-refractivity contribution is 5.97. The zero-order valence-corrected chi connectivity index (χ0v) is 10.6. The highest BCUT2D eigenvalue weighted by Gasteiger charge is 2.19. The molecule has 0 atom stereocenters. The van der Waals surface area contributed by atoms with E-state index in [0.29, 0.717) is 6.54 Å². The Balaban J connectivity index is 2.54. The molecular formula is C10H13FN6O2. The quantitative estimate of drug-likeness (QED) is 0.735. The average Bonchev–Trinajstić information content (AvgIpc) is 2.85. The minimum atomic E-state index is -0.723. The molecule has 2 aromatic rings. The second kappa shape index (κ2) is 5.12. The summed E-state index contributed by atoms with van der Waals surface area (Å²) in [6.07, 6.45) is 1.19. The Morgan fingerprint density at radius 1 is 1.53 bits per heavy atom. The molecular weight excluding hydrogens is 255 g/mol. The first-order valence-corrected chi connectivity index (χ1v) is 5.72. The van der Waals surface area contributed by atoms with Crippen molar-refractivity contribution in [1.29, 1.82) is 0 Å². The number of halogens is 1. The van der Waals surface area contributed by atoms with Gasteiger partial charge in [0.2, 0.25) is 0 Å². The van der Waals surface area contributed by atoms with Crippen molar-refractivity contribution in [3.63, 3.8) is 0 Å². The number of fused-ring (bicyclic) bond motifs is 1. The fourth-order valence-corrected chi connectivity index (χ4v) is 1.53. The lowest BCUT2D eigenvalue weighted by Gasteiger charge is -2.12. The Hall–Kier alpha value is -2.32. The molecule has 102 valence electrons. The van der Waals surface area contributed by atoms with Crippen LogP contribution in [0.3, 0.4) is 0 Å². The van der Waals surface area contributed by atoms with E-state index in [9.17, 15) is 14.0 Å². The van der Waals surface area contributed by atoms with Crippen LogP contribution < -0.4 is 5.69 Å². The Morgan fingerprint density at radius 2 is 2.26 bits per heavy atom. The van der Waals surface area contributed by atoms with Crippen molar-refractivity contribution in [3.05, 3.63) is 22.5 Å². The number of carbonyl (C=O) groups is 1. The summed E-state index contributed by atoms with van der Waals surface area (Å²) >= 11 is 0. The van der Waals surface area contributed by atoms with Gasteiger partial charge in [-0.3, -0.25) is 4.79 Å². The van der Waals surface area contributed by atoms with E-state index in [1.54, 1.807) is 7.05 Å². The maximum Gasteiger partial charge on any atom is 0.353 e. The minimum absolute atomic E-state index is 0.0568. The van der Waals surface area contributed by atoms with Crippen LogP contribution >= 0.6 is 0 Å². The standard InChI is InChI=1S/C10H13FN6O2/c1-3-15(2)9(18)7-8-13-14-17(5-4-11)10(19)16(8)6-12-7/h6H,3-5H2,1-2H3. The number of alkyl halides is 1. The molecule has 0 unspecified atom stereocenters. The second-order valence-corrected chi connectivity index (χ2v) is 3.89. The molecule has 0 saturated heterocycles. The fraction of sp³-hybridized carbons (Fsp3) is 0.500. The Kier molecular flexibility index (Phi) is 3.54. The predicted molar refractivity (Wildman–Crippen MR) is 63.7 cm³/mol. The number of hydrogen-bond donors (Lipinski definition) is 0. The van der Waals surface area contributed by atoms with E-state index in [1.807, 2.05) is 6.92 Å². The number of rotatable bonds is 4. The van der Waals surface area contributed by atoms with Gasteiger partial charge in [-0.1, -0.05) is 5.21 Å². The maximum absolute atomic E-state index is 12.2. The van der Waals surface area contributed by atoms with Gasteiger partial charge in [0.1, 0.15) is 13.0 Å². The summed E-state index contributed by atoms with van der Waals surface area (Å²) in [5.74, 6) is -0.345. The molecule has 0 aliphatic carbocycles. The normalized spacial score (nSPS) is 10.9. The van der Waals surface area contributed by atoms with Crippen molar-refractivity contribution in [2.75, 3.05) is 20.3 Å². The number of aromatic nitrogens is 5. The lowest BCUT2D eigenvalue weighted by molar-refractivity contribution is 0.0799. The molecule has 0 fully saturated rings. The van der Waals surface area contributed by atoms with Crippen molar-refractivity contribution in [3.8, 4) is 0 Å².